The number of ether oxygens (including phenoxy) is 1. The van der Waals surface area contributed by atoms with Crippen LogP contribution in [0.5, 0.6) is 0 Å². The minimum atomic E-state index is -3.64. The Balaban J connectivity index is 1.91. The molecule has 4 nitrogen and oxygen atoms in total. The summed E-state index contributed by atoms with van der Waals surface area (Å²) >= 11 is 0. The average molecular weight is 388 g/mol. The Hall–Kier alpha value is -1.69. The minimum Gasteiger partial charge on any atom is -0.376 e. The molecule has 0 bridgehead atoms. The summed E-state index contributed by atoms with van der Waals surface area (Å²) in [6.45, 7) is 10.1. The molecule has 0 heterocycles. The van der Waals surface area contributed by atoms with E-state index in [9.17, 15) is 8.42 Å². The van der Waals surface area contributed by atoms with Crippen LogP contribution in [0.2, 0.25) is 0 Å². The normalized spacial score (nSPS) is 15.8. The molecule has 0 spiro atoms. The molecule has 2 aromatic rings. The van der Waals surface area contributed by atoms with E-state index in [0.717, 1.165) is 27.8 Å². The molecular weight excluding hydrogens is 358 g/mol. The number of rotatable bonds is 5. The lowest BCUT2D eigenvalue weighted by Gasteiger charge is -2.28. The zero-order chi connectivity index (χ0) is 20.0. The molecule has 1 aliphatic carbocycles. The van der Waals surface area contributed by atoms with E-state index in [2.05, 4.69) is 16.9 Å². The van der Waals surface area contributed by atoms with Gasteiger partial charge in [0.25, 0.3) is 0 Å². The van der Waals surface area contributed by atoms with Crippen molar-refractivity contribution >= 4 is 10.0 Å². The first-order chi connectivity index (χ1) is 12.6. The Morgan fingerprint density at radius 2 is 1.33 bits per heavy atom. The molecule has 5 heteroatoms. The Morgan fingerprint density at radius 3 is 1.78 bits per heavy atom. The van der Waals surface area contributed by atoms with E-state index in [1.54, 1.807) is 7.11 Å². The Labute approximate surface area is 163 Å². The number of hydrogen-bond acceptors (Lipinski definition) is 3. The maximum atomic E-state index is 13.2. The molecule has 1 N–H and O–H groups in total. The van der Waals surface area contributed by atoms with Crippen molar-refractivity contribution in [3.8, 4) is 0 Å². The summed E-state index contributed by atoms with van der Waals surface area (Å²) in [5.41, 5.74) is 6.80. The van der Waals surface area contributed by atoms with Crippen LogP contribution in [-0.4, -0.2) is 27.7 Å². The van der Waals surface area contributed by atoms with Gasteiger partial charge in [-0.1, -0.05) is 24.3 Å². The topological polar surface area (TPSA) is 55.4 Å². The first-order valence-electron chi connectivity index (χ1n) is 9.30. The molecule has 0 aliphatic heterocycles. The second-order valence-corrected chi connectivity index (χ2v) is 9.49. The first kappa shape index (κ1) is 20.1. The highest BCUT2D eigenvalue weighted by Gasteiger charge is 2.38. The molecule has 146 valence electrons. The summed E-state index contributed by atoms with van der Waals surface area (Å²) in [4.78, 5) is 0.407. The van der Waals surface area contributed by atoms with Crippen LogP contribution in [0, 0.1) is 34.6 Å². The molecule has 0 radical (unpaired) electrons. The van der Waals surface area contributed by atoms with E-state index in [-0.39, 0.29) is 6.54 Å². The van der Waals surface area contributed by atoms with Crippen LogP contribution in [-0.2, 0) is 27.6 Å². The molecule has 0 amide bonds. The van der Waals surface area contributed by atoms with Crippen molar-refractivity contribution < 1.29 is 13.2 Å². The van der Waals surface area contributed by atoms with E-state index in [4.69, 9.17) is 4.74 Å². The van der Waals surface area contributed by atoms with Crippen LogP contribution in [0.4, 0.5) is 0 Å². The van der Waals surface area contributed by atoms with Crippen molar-refractivity contribution in [3.63, 3.8) is 0 Å². The molecule has 0 fully saturated rings. The van der Waals surface area contributed by atoms with Crippen molar-refractivity contribution in [2.24, 2.45) is 0 Å². The number of methoxy groups -OCH3 is 1. The summed E-state index contributed by atoms with van der Waals surface area (Å²) in [6, 6.07) is 8.20. The van der Waals surface area contributed by atoms with Crippen LogP contribution >= 0.6 is 0 Å². The zero-order valence-electron chi connectivity index (χ0n) is 17.1. The molecule has 0 aromatic heterocycles. The van der Waals surface area contributed by atoms with Gasteiger partial charge in [0.05, 0.1) is 10.5 Å². The Kier molecular flexibility index (Phi) is 5.23. The van der Waals surface area contributed by atoms with Crippen molar-refractivity contribution in [2.45, 2.75) is 58.0 Å². The van der Waals surface area contributed by atoms with Crippen LogP contribution < -0.4 is 4.72 Å². The largest absolute Gasteiger partial charge is 0.376 e. The summed E-state index contributed by atoms with van der Waals surface area (Å²) < 4.78 is 35.1. The van der Waals surface area contributed by atoms with Crippen LogP contribution in [0.1, 0.15) is 38.9 Å². The second-order valence-electron chi connectivity index (χ2n) is 7.79. The fourth-order valence-corrected chi connectivity index (χ4v) is 5.88. The fraction of sp³-hybridized carbons (Fsp3) is 0.455. The van der Waals surface area contributed by atoms with E-state index in [1.165, 1.54) is 11.1 Å². The standard InChI is InChI=1S/C22H29NO3S/c1-14-15(2)17(4)21(18(5)16(14)3)27(24,25)23-13-22(26-6)11-19-9-7-8-10-20(19)12-22/h7-10,23H,11-13H2,1-6H3. The number of nitrogens with one attached hydrogen (secondary N) is 1. The third-order valence-corrected chi connectivity index (χ3v) is 8.04. The summed E-state index contributed by atoms with van der Waals surface area (Å²) in [7, 11) is -1.97. The zero-order valence-corrected chi connectivity index (χ0v) is 17.9. The maximum absolute atomic E-state index is 13.2. The summed E-state index contributed by atoms with van der Waals surface area (Å²) in [5, 5.41) is 0. The lowest BCUT2D eigenvalue weighted by molar-refractivity contribution is 0.00378. The molecule has 0 saturated carbocycles. The predicted molar refractivity (Wildman–Crippen MR) is 109 cm³/mol. The molecule has 1 aliphatic rings. The van der Waals surface area contributed by atoms with Gasteiger partial charge >= 0.3 is 0 Å². The third-order valence-electron chi connectivity index (χ3n) is 6.36. The van der Waals surface area contributed by atoms with Crippen LogP contribution in [0.25, 0.3) is 0 Å². The highest BCUT2D eigenvalue weighted by molar-refractivity contribution is 7.89. The lowest BCUT2D eigenvalue weighted by atomic mass is 9.95. The number of sulfonamides is 1. The van der Waals surface area contributed by atoms with Gasteiger partial charge in [-0.25, -0.2) is 13.1 Å². The average Bonchev–Trinajstić information content (AvgIpc) is 3.02. The molecule has 2 aromatic carbocycles. The van der Waals surface area contributed by atoms with Gasteiger partial charge < -0.3 is 4.74 Å². The SMILES string of the molecule is COC1(CNS(=O)(=O)c2c(C)c(C)c(C)c(C)c2C)Cc2ccccc2C1. The van der Waals surface area contributed by atoms with Gasteiger partial charge in [0.15, 0.2) is 0 Å². The van der Waals surface area contributed by atoms with Crippen molar-refractivity contribution in [1.29, 1.82) is 0 Å². The number of benzene rings is 2. The van der Waals surface area contributed by atoms with E-state index in [1.807, 2.05) is 46.8 Å². The number of fused-ring (bicyclic) bond motifs is 1. The molecule has 0 atom stereocenters. The smallest absolute Gasteiger partial charge is 0.241 e. The van der Waals surface area contributed by atoms with Gasteiger partial charge in [0, 0.05) is 26.5 Å². The van der Waals surface area contributed by atoms with Gasteiger partial charge in [0.2, 0.25) is 10.0 Å². The minimum absolute atomic E-state index is 0.255. The van der Waals surface area contributed by atoms with E-state index >= 15 is 0 Å². The van der Waals surface area contributed by atoms with Gasteiger partial charge in [0.1, 0.15) is 0 Å². The van der Waals surface area contributed by atoms with E-state index < -0.39 is 15.6 Å². The second kappa shape index (κ2) is 7.04. The Bertz CT molecular complexity index is 939. The van der Waals surface area contributed by atoms with Crippen LogP contribution in [0.3, 0.4) is 0 Å². The van der Waals surface area contributed by atoms with Gasteiger partial charge in [-0.3, -0.25) is 0 Å². The molecule has 3 rings (SSSR count). The quantitative estimate of drug-likeness (QED) is 0.851. The van der Waals surface area contributed by atoms with Crippen molar-refractivity contribution in [1.82, 2.24) is 4.72 Å². The molecule has 27 heavy (non-hydrogen) atoms. The van der Waals surface area contributed by atoms with Crippen molar-refractivity contribution in [3.05, 3.63) is 63.2 Å². The highest BCUT2D eigenvalue weighted by atomic mass is 32.2. The van der Waals surface area contributed by atoms with Gasteiger partial charge in [-0.2, -0.15) is 0 Å². The van der Waals surface area contributed by atoms with Crippen molar-refractivity contribution in [2.75, 3.05) is 13.7 Å². The fourth-order valence-electron chi connectivity index (χ4n) is 4.17. The first-order valence-corrected chi connectivity index (χ1v) is 10.8. The summed E-state index contributed by atoms with van der Waals surface area (Å²) in [6.07, 6.45) is 1.43. The molecule has 0 unspecified atom stereocenters. The van der Waals surface area contributed by atoms with Crippen LogP contribution in [0.15, 0.2) is 29.2 Å². The third kappa shape index (κ3) is 3.44. The van der Waals surface area contributed by atoms with E-state index in [0.29, 0.717) is 17.7 Å². The maximum Gasteiger partial charge on any atom is 0.241 e. The molecule has 0 saturated heterocycles. The summed E-state index contributed by atoms with van der Waals surface area (Å²) in [5.74, 6) is 0. The molecular formula is C22H29NO3S. The van der Waals surface area contributed by atoms with Gasteiger partial charge in [-0.15, -0.1) is 0 Å². The van der Waals surface area contributed by atoms with Gasteiger partial charge in [-0.05, 0) is 73.6 Å². The Morgan fingerprint density at radius 1 is 0.889 bits per heavy atom. The number of hydrogen-bond donors (Lipinski definition) is 1. The highest BCUT2D eigenvalue weighted by Crippen LogP contribution is 2.33. The monoisotopic (exact) mass is 387 g/mol. The lowest BCUT2D eigenvalue weighted by Crippen LogP contribution is -2.45. The predicted octanol–water partition coefficient (Wildman–Crippen LogP) is 3.69.